The minimum absolute atomic E-state index is 0.511. The molecule has 0 bridgehead atoms. The summed E-state index contributed by atoms with van der Waals surface area (Å²) in [4.78, 5) is 8.48. The van der Waals surface area contributed by atoms with E-state index in [1.165, 1.54) is 0 Å². The zero-order valence-electron chi connectivity index (χ0n) is 8.83. The van der Waals surface area contributed by atoms with Gasteiger partial charge >= 0.3 is 16.6 Å². The number of benzene rings is 1. The Bertz CT molecular complexity index is 633. The van der Waals surface area contributed by atoms with Gasteiger partial charge in [-0.15, -0.1) is 0 Å². The molecule has 5 heteroatoms. The van der Waals surface area contributed by atoms with E-state index in [2.05, 4.69) is 26.6 Å². The van der Waals surface area contributed by atoms with Crippen LogP contribution in [0, 0.1) is 0 Å². The second-order valence-corrected chi connectivity index (χ2v) is 3.70. The molecule has 3 rings (SSSR count). The summed E-state index contributed by atoms with van der Waals surface area (Å²) in [6, 6.07) is 11.2. The van der Waals surface area contributed by atoms with Gasteiger partial charge in [0.2, 0.25) is 11.6 Å². The van der Waals surface area contributed by atoms with Gasteiger partial charge in [0.1, 0.15) is 5.52 Å². The first kappa shape index (κ1) is 10.3. The van der Waals surface area contributed by atoms with Crippen molar-refractivity contribution < 1.29 is 8.21 Å². The molecule has 0 atom stereocenters. The lowest BCUT2D eigenvalue weighted by Crippen LogP contribution is -1.88. The van der Waals surface area contributed by atoms with Crippen molar-refractivity contribution in [3.8, 4) is 17.2 Å². The molecule has 0 N–H and O–H groups in total. The Balaban J connectivity index is 2.20. The minimum Gasteiger partial charge on any atom is -0.653 e. The van der Waals surface area contributed by atoms with Crippen molar-refractivity contribution in [1.82, 2.24) is 9.97 Å². The quantitative estimate of drug-likeness (QED) is 0.643. The minimum atomic E-state index is 0.511. The second kappa shape index (κ2) is 4.21. The summed E-state index contributed by atoms with van der Waals surface area (Å²) in [5.74, 6) is 1.21. The molecule has 0 unspecified atom stereocenters. The van der Waals surface area contributed by atoms with Crippen LogP contribution in [0.25, 0.3) is 22.7 Å². The van der Waals surface area contributed by atoms with Crippen molar-refractivity contribution >= 4 is 27.9 Å². The monoisotopic (exact) mass is 238 g/mol. The van der Waals surface area contributed by atoms with Crippen molar-refractivity contribution in [3.63, 3.8) is 0 Å². The van der Waals surface area contributed by atoms with Crippen LogP contribution in [0.1, 0.15) is 0 Å². The molecule has 0 amide bonds. The van der Waals surface area contributed by atoms with E-state index in [0.717, 1.165) is 11.1 Å². The van der Waals surface area contributed by atoms with Gasteiger partial charge in [-0.3, -0.25) is 0 Å². The van der Waals surface area contributed by atoms with Gasteiger partial charge in [-0.25, -0.2) is 9.97 Å². The standard InChI is InChI=1S/C12H8N2O2.Al/c15-10-6-2-1-4-8(10)11-14-9-5-3-7-13-12(9)16-11;/h1-7,15H;/q;+1/p-1. The number of hydrogen-bond acceptors (Lipinski definition) is 4. The zero-order chi connectivity index (χ0) is 11.7. The molecular formula is C12H7AlN2O2. The Morgan fingerprint density at radius 2 is 2.00 bits per heavy atom. The maximum atomic E-state index is 5.59. The van der Waals surface area contributed by atoms with E-state index in [4.69, 9.17) is 8.21 Å². The van der Waals surface area contributed by atoms with Gasteiger partial charge in [0.25, 0.3) is 0 Å². The van der Waals surface area contributed by atoms with Crippen molar-refractivity contribution in [3.05, 3.63) is 42.6 Å². The molecule has 2 aromatic heterocycles. The van der Waals surface area contributed by atoms with Gasteiger partial charge in [-0.1, -0.05) is 12.1 Å². The molecule has 0 saturated carbocycles. The topological polar surface area (TPSA) is 48.2 Å². The maximum Gasteiger partial charge on any atom is 0.482 e. The van der Waals surface area contributed by atoms with Crippen LogP contribution in [0.5, 0.6) is 5.75 Å². The number of oxazole rings is 1. The van der Waals surface area contributed by atoms with Crippen LogP contribution in [0.15, 0.2) is 47.0 Å². The number of rotatable bonds is 2. The average Bonchev–Trinajstić information content (AvgIpc) is 2.82. The number of hydrogen-bond donors (Lipinski definition) is 0. The highest BCUT2D eigenvalue weighted by Crippen LogP contribution is 2.30. The van der Waals surface area contributed by atoms with Gasteiger partial charge in [0.05, 0.1) is 11.3 Å². The predicted molar refractivity (Wildman–Crippen MR) is 63.6 cm³/mol. The first-order valence-electron chi connectivity index (χ1n) is 5.06. The fourth-order valence-electron chi connectivity index (χ4n) is 1.63. The van der Waals surface area contributed by atoms with Crippen molar-refractivity contribution in [2.75, 3.05) is 0 Å². The smallest absolute Gasteiger partial charge is 0.482 e. The summed E-state index contributed by atoms with van der Waals surface area (Å²) in [7, 11) is 0. The average molecular weight is 238 g/mol. The molecule has 1 aromatic carbocycles. The lowest BCUT2D eigenvalue weighted by molar-refractivity contribution is 0.588. The molecule has 0 aliphatic rings. The molecule has 0 aliphatic carbocycles. The molecule has 0 aliphatic heterocycles. The van der Waals surface area contributed by atoms with E-state index in [9.17, 15) is 0 Å². The van der Waals surface area contributed by atoms with Crippen molar-refractivity contribution in [2.45, 2.75) is 0 Å². The summed E-state index contributed by atoms with van der Waals surface area (Å²) < 4.78 is 10.8. The van der Waals surface area contributed by atoms with E-state index in [-0.39, 0.29) is 0 Å². The fraction of sp³-hybridized carbons (Fsp3) is 0. The molecule has 80 valence electrons. The second-order valence-electron chi connectivity index (χ2n) is 3.46. The Hall–Kier alpha value is -1.83. The van der Waals surface area contributed by atoms with Gasteiger partial charge in [0.15, 0.2) is 0 Å². The fourth-order valence-corrected chi connectivity index (χ4v) is 1.84. The Morgan fingerprint density at radius 1 is 1.12 bits per heavy atom. The number of para-hydroxylation sites is 1. The van der Waals surface area contributed by atoms with Crippen LogP contribution in [0.2, 0.25) is 0 Å². The number of aromatic nitrogens is 2. The summed E-state index contributed by atoms with van der Waals surface area (Å²) in [6.07, 6.45) is 1.68. The Labute approximate surface area is 106 Å². The molecule has 3 aromatic rings. The van der Waals surface area contributed by atoms with E-state index in [0.29, 0.717) is 17.4 Å². The van der Waals surface area contributed by atoms with E-state index in [1.807, 2.05) is 36.4 Å². The maximum absolute atomic E-state index is 5.59. The highest BCUT2D eigenvalue weighted by molar-refractivity contribution is 6.00. The van der Waals surface area contributed by atoms with Crippen LogP contribution >= 0.6 is 0 Å². The highest BCUT2D eigenvalue weighted by atomic mass is 27.1. The highest BCUT2D eigenvalue weighted by Gasteiger charge is 2.11. The van der Waals surface area contributed by atoms with Gasteiger partial charge < -0.3 is 8.21 Å². The molecular weight excluding hydrogens is 231 g/mol. The summed E-state index contributed by atoms with van der Waals surface area (Å²) in [5.41, 5.74) is 2.07. The third-order valence-electron chi connectivity index (χ3n) is 2.41. The van der Waals surface area contributed by atoms with E-state index in [1.54, 1.807) is 6.20 Å². The number of nitrogens with zero attached hydrogens (tertiary/aromatic N) is 2. The van der Waals surface area contributed by atoms with Gasteiger partial charge in [-0.2, -0.15) is 0 Å². The zero-order valence-corrected chi connectivity index (χ0v) is 9.98. The van der Waals surface area contributed by atoms with Crippen LogP contribution < -0.4 is 3.79 Å². The molecule has 2 heterocycles. The van der Waals surface area contributed by atoms with Gasteiger partial charge in [-0.05, 0) is 24.3 Å². The third kappa shape index (κ3) is 1.80. The SMILES string of the molecule is [Al][O]c1ccccc1-c1nc2cccnc2o1. The Kier molecular flexibility index (Phi) is 2.56. The van der Waals surface area contributed by atoms with E-state index < -0.39 is 0 Å². The summed E-state index contributed by atoms with van der Waals surface area (Å²) >= 11 is 2.22. The summed E-state index contributed by atoms with van der Waals surface area (Å²) in [5, 5.41) is 0. The number of fused-ring (bicyclic) bond motifs is 1. The van der Waals surface area contributed by atoms with Crippen molar-refractivity contribution in [2.24, 2.45) is 0 Å². The largest absolute Gasteiger partial charge is 0.653 e. The first-order chi connectivity index (χ1) is 8.38. The van der Waals surface area contributed by atoms with Crippen LogP contribution in [0.3, 0.4) is 0 Å². The number of pyridine rings is 1. The Morgan fingerprint density at radius 3 is 2.82 bits per heavy atom. The van der Waals surface area contributed by atoms with Crippen molar-refractivity contribution in [1.29, 1.82) is 0 Å². The normalized spacial score (nSPS) is 10.6. The molecule has 17 heavy (non-hydrogen) atoms. The van der Waals surface area contributed by atoms with Crippen LogP contribution in [-0.2, 0) is 0 Å². The molecule has 4 nitrogen and oxygen atoms in total. The van der Waals surface area contributed by atoms with Crippen LogP contribution in [0.4, 0.5) is 0 Å². The molecule has 0 fully saturated rings. The summed E-state index contributed by atoms with van der Waals surface area (Å²) in [6.45, 7) is 0. The van der Waals surface area contributed by atoms with E-state index >= 15 is 0 Å². The first-order valence-corrected chi connectivity index (χ1v) is 5.53. The lowest BCUT2D eigenvalue weighted by atomic mass is 10.2. The third-order valence-corrected chi connectivity index (χ3v) is 2.66. The molecule has 0 spiro atoms. The lowest BCUT2D eigenvalue weighted by Gasteiger charge is -2.05. The van der Waals surface area contributed by atoms with Gasteiger partial charge in [0, 0.05) is 6.20 Å². The molecule has 2 radical (unpaired) electrons. The molecule has 0 saturated heterocycles. The predicted octanol–water partition coefficient (Wildman–Crippen LogP) is 2.35. The van der Waals surface area contributed by atoms with Crippen LogP contribution in [-0.4, -0.2) is 26.6 Å².